The normalized spacial score (nSPS) is 12.9. The van der Waals surface area contributed by atoms with E-state index in [4.69, 9.17) is 8.83 Å². The summed E-state index contributed by atoms with van der Waals surface area (Å²) in [4.78, 5) is 0. The van der Waals surface area contributed by atoms with Crippen LogP contribution in [0.2, 0.25) is 0 Å². The molecule has 8 aromatic carbocycles. The standard InChI is InChI=1S/C56H44BN2O2/c1-55(2,3)33-20-23-35(24-21-33)58-45-16-10-7-13-36(45)42-29-40(32-19-25-39-37-14-8-11-17-48(37)60-50(39)27-32)52-43-28-34(56(4,5)6)22-26-46(43)59-47-30-41-38-15-9-12-18-49(38)61-51(41)31-44(47)57-53(42)54(52)59/h7-31,58H,1-6H3. The topological polar surface area (TPSA) is 43.2 Å². The van der Waals surface area contributed by atoms with E-state index in [0.29, 0.717) is 0 Å². The van der Waals surface area contributed by atoms with Crippen molar-refractivity contribution >= 4 is 95.3 Å². The predicted molar refractivity (Wildman–Crippen MR) is 258 cm³/mol. The molecule has 0 spiro atoms. The molecule has 0 aliphatic carbocycles. The van der Waals surface area contributed by atoms with E-state index in [0.717, 1.165) is 83.1 Å². The lowest BCUT2D eigenvalue weighted by atomic mass is 9.58. The lowest BCUT2D eigenvalue weighted by Crippen LogP contribution is -2.37. The SMILES string of the molecule is CC(C)(C)c1ccc(Nc2ccccc2-c2cc(-c3ccc4c(c3)oc3ccccc34)c3c4cc(C(C)(C)C)ccc4n4c3c2[B]c2cc3oc5ccccc5c3cc2-4)cc1. The molecule has 1 N–H and O–H groups in total. The second kappa shape index (κ2) is 12.8. The minimum Gasteiger partial charge on any atom is -0.456 e. The largest absolute Gasteiger partial charge is 0.456 e. The van der Waals surface area contributed by atoms with Crippen LogP contribution in [0.25, 0.3) is 93.6 Å². The summed E-state index contributed by atoms with van der Waals surface area (Å²) in [6.07, 6.45) is 0. The summed E-state index contributed by atoms with van der Waals surface area (Å²) >= 11 is 0. The number of fused-ring (bicyclic) bond motifs is 11. The molecule has 0 atom stereocenters. The Morgan fingerprint density at radius 2 is 1.13 bits per heavy atom. The summed E-state index contributed by atoms with van der Waals surface area (Å²) in [6, 6.07) is 55.2. The molecule has 1 radical (unpaired) electrons. The average molecular weight is 788 g/mol. The number of nitrogens with one attached hydrogen (secondary N) is 1. The Labute approximate surface area is 355 Å². The first-order valence-electron chi connectivity index (χ1n) is 21.3. The highest BCUT2D eigenvalue weighted by Crippen LogP contribution is 2.45. The molecule has 3 aromatic heterocycles. The van der Waals surface area contributed by atoms with Crippen LogP contribution in [-0.2, 0) is 10.8 Å². The summed E-state index contributed by atoms with van der Waals surface area (Å²) < 4.78 is 15.6. The maximum absolute atomic E-state index is 6.55. The maximum atomic E-state index is 6.55. The molecule has 1 aliphatic rings. The predicted octanol–water partition coefficient (Wildman–Crippen LogP) is 14.2. The van der Waals surface area contributed by atoms with E-state index in [2.05, 4.69) is 198 Å². The molecule has 12 rings (SSSR count). The smallest absolute Gasteiger partial charge is 0.198 e. The van der Waals surface area contributed by atoms with Crippen molar-refractivity contribution in [2.75, 3.05) is 5.32 Å². The average Bonchev–Trinajstić information content (AvgIpc) is 3.92. The summed E-state index contributed by atoms with van der Waals surface area (Å²) in [5.41, 5.74) is 18.7. The van der Waals surface area contributed by atoms with Gasteiger partial charge in [-0.15, -0.1) is 0 Å². The van der Waals surface area contributed by atoms with Crippen LogP contribution in [0.4, 0.5) is 11.4 Å². The Hall–Kier alpha value is -6.98. The lowest BCUT2D eigenvalue weighted by molar-refractivity contribution is 0.590. The molecule has 11 aromatic rings. The van der Waals surface area contributed by atoms with Crippen LogP contribution in [0, 0.1) is 0 Å². The van der Waals surface area contributed by atoms with Crippen LogP contribution in [0.3, 0.4) is 0 Å². The first-order valence-corrected chi connectivity index (χ1v) is 21.3. The molecule has 0 saturated carbocycles. The molecule has 4 heterocycles. The summed E-state index contributed by atoms with van der Waals surface area (Å²) in [7, 11) is 2.39. The lowest BCUT2D eigenvalue weighted by Gasteiger charge is -2.25. The van der Waals surface area contributed by atoms with E-state index in [9.17, 15) is 0 Å². The van der Waals surface area contributed by atoms with Gasteiger partial charge in [-0.1, -0.05) is 126 Å². The van der Waals surface area contributed by atoms with Crippen molar-refractivity contribution in [2.24, 2.45) is 0 Å². The van der Waals surface area contributed by atoms with E-state index in [1.807, 2.05) is 12.1 Å². The highest BCUT2D eigenvalue weighted by atomic mass is 16.3. The van der Waals surface area contributed by atoms with Gasteiger partial charge in [0.15, 0.2) is 7.28 Å². The Morgan fingerprint density at radius 1 is 0.492 bits per heavy atom. The number of aromatic nitrogens is 1. The van der Waals surface area contributed by atoms with Crippen molar-refractivity contribution in [3.63, 3.8) is 0 Å². The van der Waals surface area contributed by atoms with Crippen LogP contribution in [-0.4, -0.2) is 11.8 Å². The maximum Gasteiger partial charge on any atom is 0.198 e. The Balaban J connectivity index is 1.19. The molecule has 0 unspecified atom stereocenters. The number of benzene rings is 8. The van der Waals surface area contributed by atoms with Gasteiger partial charge in [0.25, 0.3) is 0 Å². The minimum atomic E-state index is -0.0412. The van der Waals surface area contributed by atoms with Gasteiger partial charge in [0, 0.05) is 60.5 Å². The van der Waals surface area contributed by atoms with E-state index >= 15 is 0 Å². The first-order chi connectivity index (χ1) is 29.5. The zero-order valence-electron chi connectivity index (χ0n) is 35.3. The molecule has 0 saturated heterocycles. The monoisotopic (exact) mass is 787 g/mol. The van der Waals surface area contributed by atoms with Gasteiger partial charge in [0.05, 0.1) is 5.52 Å². The molecule has 293 valence electrons. The van der Waals surface area contributed by atoms with Crippen LogP contribution >= 0.6 is 0 Å². The van der Waals surface area contributed by atoms with E-state index in [1.165, 1.54) is 44.0 Å². The van der Waals surface area contributed by atoms with Gasteiger partial charge >= 0.3 is 0 Å². The molecule has 0 bridgehead atoms. The van der Waals surface area contributed by atoms with E-state index in [-0.39, 0.29) is 10.8 Å². The molecule has 5 heteroatoms. The van der Waals surface area contributed by atoms with Crippen LogP contribution in [0.15, 0.2) is 160 Å². The molecular weight excluding hydrogens is 743 g/mol. The van der Waals surface area contributed by atoms with Crippen molar-refractivity contribution in [3.05, 3.63) is 163 Å². The van der Waals surface area contributed by atoms with Gasteiger partial charge in [-0.3, -0.25) is 0 Å². The van der Waals surface area contributed by atoms with Crippen LogP contribution in [0.5, 0.6) is 0 Å². The molecule has 4 nitrogen and oxygen atoms in total. The zero-order valence-corrected chi connectivity index (χ0v) is 35.3. The van der Waals surface area contributed by atoms with Crippen molar-refractivity contribution in [3.8, 4) is 27.9 Å². The Morgan fingerprint density at radius 3 is 1.87 bits per heavy atom. The van der Waals surface area contributed by atoms with Crippen LogP contribution < -0.4 is 16.2 Å². The van der Waals surface area contributed by atoms with E-state index in [1.54, 1.807) is 0 Å². The van der Waals surface area contributed by atoms with Crippen molar-refractivity contribution in [1.29, 1.82) is 0 Å². The fraction of sp³-hybridized carbons (Fsp3) is 0.143. The third-order valence-electron chi connectivity index (χ3n) is 12.9. The summed E-state index contributed by atoms with van der Waals surface area (Å²) in [5.74, 6) is 0. The van der Waals surface area contributed by atoms with Gasteiger partial charge < -0.3 is 18.7 Å². The zero-order chi connectivity index (χ0) is 41.4. The van der Waals surface area contributed by atoms with Gasteiger partial charge in [0.2, 0.25) is 0 Å². The van der Waals surface area contributed by atoms with Gasteiger partial charge in [-0.05, 0) is 117 Å². The number of furan rings is 2. The van der Waals surface area contributed by atoms with Gasteiger partial charge in [0.1, 0.15) is 22.3 Å². The third kappa shape index (κ3) is 5.53. The fourth-order valence-corrected chi connectivity index (χ4v) is 9.72. The second-order valence-electron chi connectivity index (χ2n) is 18.9. The minimum absolute atomic E-state index is 0.0412. The number of para-hydroxylation sites is 3. The molecule has 1 aliphatic heterocycles. The highest BCUT2D eigenvalue weighted by Gasteiger charge is 2.31. The summed E-state index contributed by atoms with van der Waals surface area (Å²) in [5, 5.41) is 10.8. The molecule has 61 heavy (non-hydrogen) atoms. The summed E-state index contributed by atoms with van der Waals surface area (Å²) in [6.45, 7) is 13.7. The number of hydrogen-bond acceptors (Lipinski definition) is 3. The second-order valence-corrected chi connectivity index (χ2v) is 18.9. The van der Waals surface area contributed by atoms with Gasteiger partial charge in [-0.25, -0.2) is 0 Å². The van der Waals surface area contributed by atoms with Crippen molar-refractivity contribution in [2.45, 2.75) is 52.4 Å². The number of rotatable bonds is 4. The first kappa shape index (κ1) is 35.9. The highest BCUT2D eigenvalue weighted by molar-refractivity contribution is 6.74. The quantitative estimate of drug-likeness (QED) is 0.181. The fourth-order valence-electron chi connectivity index (χ4n) is 9.72. The molecule has 0 fully saturated rings. The van der Waals surface area contributed by atoms with E-state index < -0.39 is 0 Å². The van der Waals surface area contributed by atoms with Crippen molar-refractivity contribution < 1.29 is 8.83 Å². The number of anilines is 2. The van der Waals surface area contributed by atoms with Crippen molar-refractivity contribution in [1.82, 2.24) is 4.57 Å². The Kier molecular flexibility index (Phi) is 7.52. The molecule has 0 amide bonds. The Bertz CT molecular complexity index is 3610. The third-order valence-corrected chi connectivity index (χ3v) is 12.9. The number of nitrogens with zero attached hydrogens (tertiary/aromatic N) is 1. The van der Waals surface area contributed by atoms with Gasteiger partial charge in [-0.2, -0.15) is 0 Å². The molecular formula is C56H44BN2O2. The van der Waals surface area contributed by atoms with Crippen LogP contribution in [0.1, 0.15) is 52.7 Å². The number of hydrogen-bond donors (Lipinski definition) is 1.